The number of likely N-dealkylation sites (tertiary alicyclic amines) is 1. The highest BCUT2D eigenvalue weighted by Gasteiger charge is 2.34. The van der Waals surface area contributed by atoms with Gasteiger partial charge in [0.25, 0.3) is 0 Å². The summed E-state index contributed by atoms with van der Waals surface area (Å²) in [6.45, 7) is 5.80. The molecule has 1 aromatic carbocycles. The SMILES string of the molecule is Cc1ccc(CN(C)C(C)C(=O)N2CCCC2c2cccs2)cc1. The minimum atomic E-state index is -0.105. The third kappa shape index (κ3) is 3.70. The van der Waals surface area contributed by atoms with Crippen LogP contribution in [0.4, 0.5) is 0 Å². The van der Waals surface area contributed by atoms with Gasteiger partial charge in [-0.1, -0.05) is 35.9 Å². The van der Waals surface area contributed by atoms with E-state index in [1.165, 1.54) is 16.0 Å². The summed E-state index contributed by atoms with van der Waals surface area (Å²) >= 11 is 1.76. The fourth-order valence-electron chi connectivity index (χ4n) is 3.35. The molecular weight excluding hydrogens is 316 g/mol. The molecule has 1 aliphatic rings. The lowest BCUT2D eigenvalue weighted by atomic mass is 10.1. The molecule has 3 rings (SSSR count). The number of hydrogen-bond donors (Lipinski definition) is 0. The zero-order chi connectivity index (χ0) is 17.1. The molecule has 2 heterocycles. The third-order valence-electron chi connectivity index (χ3n) is 4.98. The standard InChI is InChI=1S/C20H26N2OS/c1-15-8-10-17(11-9-15)14-21(3)16(2)20(23)22-12-4-6-18(22)19-7-5-13-24-19/h5,7-11,13,16,18H,4,6,12,14H2,1-3H3. The molecule has 2 unspecified atom stereocenters. The molecular formula is C20H26N2OS. The topological polar surface area (TPSA) is 23.6 Å². The summed E-state index contributed by atoms with van der Waals surface area (Å²) in [6.07, 6.45) is 2.18. The van der Waals surface area contributed by atoms with Crippen LogP contribution < -0.4 is 0 Å². The molecule has 1 aliphatic heterocycles. The fraction of sp³-hybridized carbons (Fsp3) is 0.450. The van der Waals surface area contributed by atoms with Crippen molar-refractivity contribution in [2.24, 2.45) is 0 Å². The summed E-state index contributed by atoms with van der Waals surface area (Å²) in [5.41, 5.74) is 2.51. The maximum atomic E-state index is 13.0. The van der Waals surface area contributed by atoms with Crippen LogP contribution in [0, 0.1) is 6.92 Å². The number of nitrogens with zero attached hydrogens (tertiary/aromatic N) is 2. The average molecular weight is 343 g/mol. The van der Waals surface area contributed by atoms with E-state index in [-0.39, 0.29) is 18.0 Å². The summed E-state index contributed by atoms with van der Waals surface area (Å²) in [6, 6.07) is 12.9. The van der Waals surface area contributed by atoms with Gasteiger partial charge in [-0.25, -0.2) is 0 Å². The van der Waals surface area contributed by atoms with Gasteiger partial charge in [0, 0.05) is 18.0 Å². The van der Waals surface area contributed by atoms with Crippen molar-refractivity contribution in [3.05, 3.63) is 57.8 Å². The van der Waals surface area contributed by atoms with Crippen molar-refractivity contribution in [1.82, 2.24) is 9.80 Å². The zero-order valence-electron chi connectivity index (χ0n) is 14.7. The summed E-state index contributed by atoms with van der Waals surface area (Å²) in [4.78, 5) is 18.6. The highest BCUT2D eigenvalue weighted by molar-refractivity contribution is 7.10. The number of carbonyl (C=O) groups excluding carboxylic acids is 1. The van der Waals surface area contributed by atoms with Crippen molar-refractivity contribution in [1.29, 1.82) is 0 Å². The van der Waals surface area contributed by atoms with E-state index in [0.717, 1.165) is 25.9 Å². The van der Waals surface area contributed by atoms with E-state index in [1.807, 2.05) is 14.0 Å². The Morgan fingerprint density at radius 3 is 2.75 bits per heavy atom. The summed E-state index contributed by atoms with van der Waals surface area (Å²) in [5, 5.41) is 2.10. The van der Waals surface area contributed by atoms with E-state index in [0.29, 0.717) is 0 Å². The van der Waals surface area contributed by atoms with Gasteiger partial charge in [-0.3, -0.25) is 9.69 Å². The molecule has 2 aromatic rings. The first-order valence-electron chi connectivity index (χ1n) is 8.66. The minimum absolute atomic E-state index is 0.105. The summed E-state index contributed by atoms with van der Waals surface area (Å²) in [7, 11) is 2.04. The maximum absolute atomic E-state index is 13.0. The maximum Gasteiger partial charge on any atom is 0.240 e. The smallest absolute Gasteiger partial charge is 0.240 e. The number of aryl methyl sites for hydroxylation is 1. The Morgan fingerprint density at radius 1 is 1.33 bits per heavy atom. The van der Waals surface area contributed by atoms with Crippen LogP contribution >= 0.6 is 11.3 Å². The molecule has 1 saturated heterocycles. The van der Waals surface area contributed by atoms with Crippen LogP contribution in [0.2, 0.25) is 0 Å². The van der Waals surface area contributed by atoms with Crippen molar-refractivity contribution >= 4 is 17.2 Å². The Balaban J connectivity index is 1.66. The Morgan fingerprint density at radius 2 is 2.08 bits per heavy atom. The van der Waals surface area contributed by atoms with E-state index in [1.54, 1.807) is 11.3 Å². The van der Waals surface area contributed by atoms with E-state index in [4.69, 9.17) is 0 Å². The van der Waals surface area contributed by atoms with Crippen molar-refractivity contribution in [2.75, 3.05) is 13.6 Å². The normalized spacial score (nSPS) is 19.0. The van der Waals surface area contributed by atoms with Gasteiger partial charge in [-0.2, -0.15) is 0 Å². The number of amides is 1. The molecule has 3 nitrogen and oxygen atoms in total. The molecule has 128 valence electrons. The van der Waals surface area contributed by atoms with Crippen LogP contribution in [0.3, 0.4) is 0 Å². The first kappa shape index (κ1) is 17.2. The lowest BCUT2D eigenvalue weighted by Gasteiger charge is -2.31. The van der Waals surface area contributed by atoms with Crippen molar-refractivity contribution in [3.8, 4) is 0 Å². The van der Waals surface area contributed by atoms with Gasteiger partial charge in [-0.05, 0) is 50.7 Å². The number of thiophene rings is 1. The van der Waals surface area contributed by atoms with Crippen LogP contribution in [-0.2, 0) is 11.3 Å². The highest BCUT2D eigenvalue weighted by atomic mass is 32.1. The van der Waals surface area contributed by atoms with Crippen LogP contribution in [0.1, 0.15) is 41.8 Å². The van der Waals surface area contributed by atoms with Crippen LogP contribution in [-0.4, -0.2) is 35.3 Å². The molecule has 0 N–H and O–H groups in total. The predicted molar refractivity (Wildman–Crippen MR) is 100 cm³/mol. The highest BCUT2D eigenvalue weighted by Crippen LogP contribution is 2.35. The molecule has 1 amide bonds. The fourth-order valence-corrected chi connectivity index (χ4v) is 4.23. The molecule has 0 spiro atoms. The number of likely N-dealkylation sites (N-methyl/N-ethyl adjacent to an activating group) is 1. The zero-order valence-corrected chi connectivity index (χ0v) is 15.6. The Hall–Kier alpha value is -1.65. The Labute approximate surface area is 148 Å². The molecule has 0 bridgehead atoms. The molecule has 0 radical (unpaired) electrons. The van der Waals surface area contributed by atoms with Gasteiger partial charge in [0.1, 0.15) is 0 Å². The van der Waals surface area contributed by atoms with Gasteiger partial charge >= 0.3 is 0 Å². The van der Waals surface area contributed by atoms with E-state index < -0.39 is 0 Å². The molecule has 2 atom stereocenters. The monoisotopic (exact) mass is 342 g/mol. The van der Waals surface area contributed by atoms with Crippen LogP contribution in [0.25, 0.3) is 0 Å². The molecule has 1 aromatic heterocycles. The van der Waals surface area contributed by atoms with E-state index >= 15 is 0 Å². The van der Waals surface area contributed by atoms with Gasteiger partial charge in [0.15, 0.2) is 0 Å². The second kappa shape index (κ2) is 7.49. The number of rotatable bonds is 5. The van der Waals surface area contributed by atoms with Crippen molar-refractivity contribution < 1.29 is 4.79 Å². The number of benzene rings is 1. The van der Waals surface area contributed by atoms with Gasteiger partial charge < -0.3 is 4.90 Å². The van der Waals surface area contributed by atoms with Gasteiger partial charge in [0.2, 0.25) is 5.91 Å². The third-order valence-corrected chi connectivity index (χ3v) is 5.95. The summed E-state index contributed by atoms with van der Waals surface area (Å²) < 4.78 is 0. The Kier molecular flexibility index (Phi) is 5.36. The second-order valence-corrected chi connectivity index (χ2v) is 7.76. The summed E-state index contributed by atoms with van der Waals surface area (Å²) in [5.74, 6) is 0.250. The lowest BCUT2D eigenvalue weighted by molar-refractivity contribution is -0.137. The largest absolute Gasteiger partial charge is 0.333 e. The van der Waals surface area contributed by atoms with Crippen molar-refractivity contribution in [2.45, 2.75) is 45.3 Å². The van der Waals surface area contributed by atoms with Crippen LogP contribution in [0.5, 0.6) is 0 Å². The molecule has 1 fully saturated rings. The molecule has 0 aliphatic carbocycles. The lowest BCUT2D eigenvalue weighted by Crippen LogP contribution is -2.45. The minimum Gasteiger partial charge on any atom is -0.333 e. The molecule has 24 heavy (non-hydrogen) atoms. The molecule has 0 saturated carbocycles. The predicted octanol–water partition coefficient (Wildman–Crippen LogP) is 4.24. The first-order chi connectivity index (χ1) is 11.6. The first-order valence-corrected chi connectivity index (χ1v) is 9.54. The van der Waals surface area contributed by atoms with Gasteiger partial charge in [0.05, 0.1) is 12.1 Å². The Bertz CT molecular complexity index is 665. The van der Waals surface area contributed by atoms with E-state index in [2.05, 4.69) is 58.5 Å². The van der Waals surface area contributed by atoms with Crippen molar-refractivity contribution in [3.63, 3.8) is 0 Å². The second-order valence-electron chi connectivity index (χ2n) is 6.78. The molecule has 4 heteroatoms. The van der Waals surface area contributed by atoms with E-state index in [9.17, 15) is 4.79 Å². The average Bonchev–Trinajstić information content (AvgIpc) is 3.26. The number of carbonyl (C=O) groups is 1. The number of hydrogen-bond acceptors (Lipinski definition) is 3. The van der Waals surface area contributed by atoms with Crippen LogP contribution in [0.15, 0.2) is 41.8 Å². The van der Waals surface area contributed by atoms with Gasteiger partial charge in [-0.15, -0.1) is 11.3 Å². The quantitative estimate of drug-likeness (QED) is 0.811.